The number of anilines is 1. The molecule has 0 saturated carbocycles. The Morgan fingerprint density at radius 2 is 1.84 bits per heavy atom. The average molecular weight is 405 g/mol. The molecule has 2 N–H and O–H groups in total. The summed E-state index contributed by atoms with van der Waals surface area (Å²) in [6, 6.07) is 6.97. The first kappa shape index (κ1) is 17.7. The molecule has 1 aromatic carbocycles. The van der Waals surface area contributed by atoms with Crippen molar-refractivity contribution in [3.63, 3.8) is 0 Å². The fourth-order valence-electron chi connectivity index (χ4n) is 2.86. The Kier molecular flexibility index (Phi) is 5.22. The van der Waals surface area contributed by atoms with Crippen LogP contribution in [-0.4, -0.2) is 40.0 Å². The lowest BCUT2D eigenvalue weighted by molar-refractivity contribution is 0.0792. The number of amides is 2. The summed E-state index contributed by atoms with van der Waals surface area (Å²) in [5, 5.41) is 9.78. The van der Waals surface area contributed by atoms with Crippen molar-refractivity contribution in [2.24, 2.45) is 0 Å². The Balaban J connectivity index is 1.69. The van der Waals surface area contributed by atoms with E-state index in [0.29, 0.717) is 21.4 Å². The number of nitrogens with one attached hydrogen (secondary N) is 2. The Labute approximate surface area is 155 Å². The van der Waals surface area contributed by atoms with E-state index in [1.54, 1.807) is 24.3 Å². The second kappa shape index (κ2) is 7.39. The zero-order chi connectivity index (χ0) is 18.0. The van der Waals surface area contributed by atoms with Crippen molar-refractivity contribution in [2.45, 2.75) is 32.6 Å². The molecule has 1 saturated heterocycles. The molecular formula is C18H21BrN4O2. The number of likely N-dealkylation sites (tertiary alicyclic amines) is 1. The molecule has 25 heavy (non-hydrogen) atoms. The molecule has 0 unspecified atom stereocenters. The third kappa shape index (κ3) is 3.76. The van der Waals surface area contributed by atoms with Gasteiger partial charge in [0.1, 0.15) is 0 Å². The molecule has 6 nitrogen and oxygen atoms in total. The van der Waals surface area contributed by atoms with E-state index in [-0.39, 0.29) is 17.7 Å². The summed E-state index contributed by atoms with van der Waals surface area (Å²) in [4.78, 5) is 26.6. The van der Waals surface area contributed by atoms with E-state index in [1.807, 2.05) is 18.7 Å². The molecule has 0 atom stereocenters. The van der Waals surface area contributed by atoms with E-state index in [0.717, 1.165) is 31.6 Å². The molecule has 1 aliphatic rings. The largest absolute Gasteiger partial charge is 0.339 e. The predicted molar refractivity (Wildman–Crippen MR) is 99.9 cm³/mol. The molecule has 1 fully saturated rings. The molecule has 132 valence electrons. The van der Waals surface area contributed by atoms with Gasteiger partial charge in [0.2, 0.25) is 0 Å². The van der Waals surface area contributed by atoms with Crippen LogP contribution >= 0.6 is 15.9 Å². The lowest BCUT2D eigenvalue weighted by atomic mass is 10.1. The zero-order valence-corrected chi connectivity index (χ0v) is 15.9. The molecule has 2 heterocycles. The highest BCUT2D eigenvalue weighted by molar-refractivity contribution is 9.10. The molecule has 0 spiro atoms. The lowest BCUT2D eigenvalue weighted by Gasteiger charge is -2.15. The quantitative estimate of drug-likeness (QED) is 0.813. The Bertz CT molecular complexity index is 777. The van der Waals surface area contributed by atoms with Gasteiger partial charge in [-0.15, -0.1) is 0 Å². The van der Waals surface area contributed by atoms with E-state index in [9.17, 15) is 9.59 Å². The Hall–Kier alpha value is -2.15. The van der Waals surface area contributed by atoms with Crippen LogP contribution in [0.5, 0.6) is 0 Å². The Morgan fingerprint density at radius 3 is 2.40 bits per heavy atom. The molecule has 1 aromatic heterocycles. The van der Waals surface area contributed by atoms with E-state index >= 15 is 0 Å². The fraction of sp³-hybridized carbons (Fsp3) is 0.389. The minimum Gasteiger partial charge on any atom is -0.339 e. The van der Waals surface area contributed by atoms with Gasteiger partial charge in [-0.05, 0) is 59.0 Å². The maximum absolute atomic E-state index is 12.4. The van der Waals surface area contributed by atoms with Crippen LogP contribution in [-0.2, 0) is 0 Å². The average Bonchev–Trinajstić information content (AvgIpc) is 3.24. The number of carbonyl (C=O) groups excluding carboxylic acids is 2. The second-order valence-electron chi connectivity index (χ2n) is 6.49. The van der Waals surface area contributed by atoms with Crippen LogP contribution in [0.25, 0.3) is 0 Å². The van der Waals surface area contributed by atoms with Gasteiger partial charge in [0.15, 0.2) is 5.69 Å². The number of aromatic nitrogens is 2. The molecule has 7 heteroatoms. The number of carbonyl (C=O) groups is 2. The number of halogens is 1. The van der Waals surface area contributed by atoms with Gasteiger partial charge in [0.25, 0.3) is 11.8 Å². The molecule has 2 aromatic rings. The topological polar surface area (TPSA) is 78.1 Å². The predicted octanol–water partition coefficient (Wildman–Crippen LogP) is 3.78. The standard InChI is InChI=1S/C18H21BrN4O2/c1-11(2)15-14(19)16(22-21-15)17(24)20-13-7-5-12(6-8-13)18(25)23-9-3-4-10-23/h5-8,11H,3-4,9-10H2,1-2H3,(H,20,24)(H,21,22). The molecule has 0 bridgehead atoms. The number of hydrogen-bond acceptors (Lipinski definition) is 3. The number of nitrogens with zero attached hydrogens (tertiary/aromatic N) is 2. The van der Waals surface area contributed by atoms with Crippen LogP contribution in [0.15, 0.2) is 28.7 Å². The molecule has 0 radical (unpaired) electrons. The summed E-state index contributed by atoms with van der Waals surface area (Å²) in [7, 11) is 0. The summed E-state index contributed by atoms with van der Waals surface area (Å²) in [6.07, 6.45) is 2.13. The van der Waals surface area contributed by atoms with Gasteiger partial charge in [-0.3, -0.25) is 14.7 Å². The number of H-pyrrole nitrogens is 1. The van der Waals surface area contributed by atoms with E-state index in [2.05, 4.69) is 31.4 Å². The smallest absolute Gasteiger partial charge is 0.277 e. The summed E-state index contributed by atoms with van der Waals surface area (Å²) in [5.41, 5.74) is 2.48. The summed E-state index contributed by atoms with van der Waals surface area (Å²) < 4.78 is 0.681. The van der Waals surface area contributed by atoms with Crippen molar-refractivity contribution < 1.29 is 9.59 Å². The van der Waals surface area contributed by atoms with Crippen molar-refractivity contribution in [1.82, 2.24) is 15.1 Å². The van der Waals surface area contributed by atoms with Gasteiger partial charge in [-0.2, -0.15) is 5.10 Å². The van der Waals surface area contributed by atoms with Crippen LogP contribution in [0, 0.1) is 0 Å². The highest BCUT2D eigenvalue weighted by Crippen LogP contribution is 2.26. The van der Waals surface area contributed by atoms with Gasteiger partial charge in [0.05, 0.1) is 10.2 Å². The van der Waals surface area contributed by atoms with Gasteiger partial charge in [-0.1, -0.05) is 13.8 Å². The number of aromatic amines is 1. The SMILES string of the molecule is CC(C)c1[nH]nc(C(=O)Nc2ccc(C(=O)N3CCCC3)cc2)c1Br. The van der Waals surface area contributed by atoms with Crippen LogP contribution in [0.2, 0.25) is 0 Å². The number of hydrogen-bond donors (Lipinski definition) is 2. The number of benzene rings is 1. The van der Waals surface area contributed by atoms with Crippen molar-refractivity contribution in [2.75, 3.05) is 18.4 Å². The maximum atomic E-state index is 12.4. The van der Waals surface area contributed by atoms with Gasteiger partial charge >= 0.3 is 0 Å². The van der Waals surface area contributed by atoms with Crippen LogP contribution in [0.1, 0.15) is 59.1 Å². The normalized spacial score (nSPS) is 14.2. The van der Waals surface area contributed by atoms with Gasteiger partial charge < -0.3 is 10.2 Å². The van der Waals surface area contributed by atoms with Crippen LogP contribution < -0.4 is 5.32 Å². The molecule has 3 rings (SSSR count). The summed E-state index contributed by atoms with van der Waals surface area (Å²) in [5.74, 6) is -0.0139. The van der Waals surface area contributed by atoms with Crippen LogP contribution in [0.3, 0.4) is 0 Å². The molecular weight excluding hydrogens is 384 g/mol. The van der Waals surface area contributed by atoms with Crippen molar-refractivity contribution in [1.29, 1.82) is 0 Å². The lowest BCUT2D eigenvalue weighted by Crippen LogP contribution is -2.27. The zero-order valence-electron chi connectivity index (χ0n) is 14.3. The molecule has 1 aliphatic heterocycles. The minimum atomic E-state index is -0.298. The first-order chi connectivity index (χ1) is 12.0. The third-order valence-electron chi connectivity index (χ3n) is 4.31. The van der Waals surface area contributed by atoms with Crippen LogP contribution in [0.4, 0.5) is 5.69 Å². The monoisotopic (exact) mass is 404 g/mol. The highest BCUT2D eigenvalue weighted by Gasteiger charge is 2.21. The fourth-order valence-corrected chi connectivity index (χ4v) is 3.68. The highest BCUT2D eigenvalue weighted by atomic mass is 79.9. The second-order valence-corrected chi connectivity index (χ2v) is 7.28. The first-order valence-corrected chi connectivity index (χ1v) is 9.21. The Morgan fingerprint density at radius 1 is 1.20 bits per heavy atom. The summed E-state index contributed by atoms with van der Waals surface area (Å²) in [6.45, 7) is 5.69. The third-order valence-corrected chi connectivity index (χ3v) is 5.11. The van der Waals surface area contributed by atoms with E-state index < -0.39 is 0 Å². The first-order valence-electron chi connectivity index (χ1n) is 8.42. The van der Waals surface area contributed by atoms with Crippen molar-refractivity contribution in [3.8, 4) is 0 Å². The number of rotatable bonds is 4. The maximum Gasteiger partial charge on any atom is 0.277 e. The minimum absolute atomic E-state index is 0.0481. The summed E-state index contributed by atoms with van der Waals surface area (Å²) >= 11 is 3.43. The molecule has 2 amide bonds. The van der Waals surface area contributed by atoms with E-state index in [4.69, 9.17) is 0 Å². The molecule has 0 aliphatic carbocycles. The van der Waals surface area contributed by atoms with Crippen molar-refractivity contribution in [3.05, 3.63) is 45.7 Å². The van der Waals surface area contributed by atoms with Gasteiger partial charge in [0, 0.05) is 24.3 Å². The van der Waals surface area contributed by atoms with E-state index in [1.165, 1.54) is 0 Å². The van der Waals surface area contributed by atoms with Gasteiger partial charge in [-0.25, -0.2) is 0 Å². The van der Waals surface area contributed by atoms with Crippen molar-refractivity contribution >= 4 is 33.4 Å².